The van der Waals surface area contributed by atoms with Crippen LogP contribution in [-0.2, 0) is 17.9 Å². The lowest BCUT2D eigenvalue weighted by Gasteiger charge is -2.13. The third-order valence-electron chi connectivity index (χ3n) is 4.60. The zero-order chi connectivity index (χ0) is 20.5. The molecule has 7 heteroatoms. The first-order valence-electron chi connectivity index (χ1n) is 10.2. The molecule has 1 saturated carbocycles. The van der Waals surface area contributed by atoms with Gasteiger partial charge in [-0.15, -0.1) is 0 Å². The number of nitrogens with one attached hydrogen (secondary N) is 3. The molecule has 7 nitrogen and oxygen atoms in total. The summed E-state index contributed by atoms with van der Waals surface area (Å²) in [5.41, 5.74) is 2.21. The molecule has 0 unspecified atom stereocenters. The number of hydrogen-bond donors (Lipinski definition) is 3. The molecule has 0 saturated heterocycles. The number of guanidine groups is 1. The maximum atomic E-state index is 12.0. The first-order chi connectivity index (χ1) is 14.1. The number of amides is 1. The van der Waals surface area contributed by atoms with Gasteiger partial charge >= 0.3 is 0 Å². The van der Waals surface area contributed by atoms with Crippen molar-refractivity contribution in [2.45, 2.75) is 39.8 Å². The molecule has 2 aromatic rings. The fourth-order valence-corrected chi connectivity index (χ4v) is 2.75. The molecule has 0 radical (unpaired) electrons. The van der Waals surface area contributed by atoms with Gasteiger partial charge in [0.1, 0.15) is 11.5 Å². The molecule has 1 aromatic carbocycles. The Morgan fingerprint density at radius 3 is 2.83 bits per heavy atom. The van der Waals surface area contributed by atoms with Gasteiger partial charge in [-0.3, -0.25) is 4.79 Å². The summed E-state index contributed by atoms with van der Waals surface area (Å²) in [6.45, 7) is 6.50. The van der Waals surface area contributed by atoms with Crippen molar-refractivity contribution in [3.8, 4) is 5.75 Å². The van der Waals surface area contributed by atoms with E-state index in [9.17, 15) is 4.79 Å². The minimum Gasteiger partial charge on any atom is -0.493 e. The number of benzene rings is 1. The fourth-order valence-electron chi connectivity index (χ4n) is 2.75. The van der Waals surface area contributed by atoms with Gasteiger partial charge in [-0.1, -0.05) is 12.1 Å². The van der Waals surface area contributed by atoms with E-state index in [1.807, 2.05) is 13.0 Å². The van der Waals surface area contributed by atoms with Crippen LogP contribution in [0.4, 0.5) is 0 Å². The van der Waals surface area contributed by atoms with Crippen molar-refractivity contribution in [3.63, 3.8) is 0 Å². The Labute approximate surface area is 171 Å². The topological polar surface area (TPSA) is 87.9 Å². The molecule has 1 aliphatic rings. The minimum atomic E-state index is -0.129. The molecular formula is C22H30N4O3. The molecule has 1 amide bonds. The molecule has 0 aliphatic heterocycles. The number of carbonyl (C=O) groups excluding carboxylic acids is 1. The molecule has 1 heterocycles. The molecule has 0 bridgehead atoms. The summed E-state index contributed by atoms with van der Waals surface area (Å²) in [4.78, 5) is 16.7. The molecule has 0 spiro atoms. The summed E-state index contributed by atoms with van der Waals surface area (Å²) in [5.74, 6) is 2.78. The highest BCUT2D eigenvalue weighted by molar-refractivity contribution is 5.86. The lowest BCUT2D eigenvalue weighted by Crippen LogP contribution is -2.43. The van der Waals surface area contributed by atoms with Crippen LogP contribution < -0.4 is 20.7 Å². The van der Waals surface area contributed by atoms with Crippen LogP contribution >= 0.6 is 0 Å². The molecule has 3 rings (SSSR count). The molecule has 0 atom stereocenters. The normalized spacial score (nSPS) is 13.8. The van der Waals surface area contributed by atoms with Gasteiger partial charge in [0, 0.05) is 12.1 Å². The Balaban J connectivity index is 1.53. The Bertz CT molecular complexity index is 813. The number of rotatable bonds is 10. The summed E-state index contributed by atoms with van der Waals surface area (Å²) < 4.78 is 11.2. The summed E-state index contributed by atoms with van der Waals surface area (Å²) in [6.07, 6.45) is 4.11. The number of aryl methyl sites for hydroxylation is 1. The van der Waals surface area contributed by atoms with Crippen molar-refractivity contribution in [3.05, 3.63) is 53.5 Å². The van der Waals surface area contributed by atoms with E-state index < -0.39 is 0 Å². The van der Waals surface area contributed by atoms with Gasteiger partial charge in [0.2, 0.25) is 5.91 Å². The van der Waals surface area contributed by atoms with Gasteiger partial charge < -0.3 is 25.1 Å². The van der Waals surface area contributed by atoms with Crippen LogP contribution in [0.3, 0.4) is 0 Å². The molecular weight excluding hydrogens is 368 g/mol. The largest absolute Gasteiger partial charge is 0.493 e. The number of ether oxygens (including phenoxy) is 1. The summed E-state index contributed by atoms with van der Waals surface area (Å²) in [5, 5.41) is 9.04. The Morgan fingerprint density at radius 1 is 1.24 bits per heavy atom. The van der Waals surface area contributed by atoms with Crippen LogP contribution in [0.25, 0.3) is 0 Å². The minimum absolute atomic E-state index is 0.129. The van der Waals surface area contributed by atoms with Gasteiger partial charge in [-0.2, -0.15) is 0 Å². The third kappa shape index (κ3) is 7.18. The quantitative estimate of drug-likeness (QED) is 0.423. The number of carbonyl (C=O) groups is 1. The highest BCUT2D eigenvalue weighted by atomic mass is 16.5. The second kappa shape index (κ2) is 10.5. The maximum Gasteiger partial charge on any atom is 0.239 e. The van der Waals surface area contributed by atoms with Gasteiger partial charge in [0.15, 0.2) is 5.96 Å². The highest BCUT2D eigenvalue weighted by Gasteiger charge is 2.22. The fraction of sp³-hybridized carbons (Fsp3) is 0.455. The number of hydrogen-bond acceptors (Lipinski definition) is 4. The monoisotopic (exact) mass is 398 g/mol. The molecule has 3 N–H and O–H groups in total. The second-order valence-corrected chi connectivity index (χ2v) is 7.27. The predicted molar refractivity (Wildman–Crippen MR) is 113 cm³/mol. The third-order valence-corrected chi connectivity index (χ3v) is 4.60. The van der Waals surface area contributed by atoms with Crippen LogP contribution in [0.15, 0.2) is 46.0 Å². The van der Waals surface area contributed by atoms with Crippen LogP contribution in [-0.4, -0.2) is 31.6 Å². The molecule has 1 fully saturated rings. The van der Waals surface area contributed by atoms with E-state index in [0.29, 0.717) is 31.5 Å². The van der Waals surface area contributed by atoms with Crippen molar-refractivity contribution >= 4 is 11.9 Å². The van der Waals surface area contributed by atoms with E-state index >= 15 is 0 Å². The standard InChI is InChI=1S/C22H30N4O3/c1-3-23-22(26-14-21(27)24-13-19-5-4-10-28-19)25-12-18-9-6-16(2)11-20(18)29-15-17-7-8-17/h4-6,9-11,17H,3,7-8,12-15H2,1-2H3,(H,24,27)(H2,23,25,26). The lowest BCUT2D eigenvalue weighted by molar-refractivity contribution is -0.120. The van der Waals surface area contributed by atoms with Crippen LogP contribution in [0, 0.1) is 12.8 Å². The van der Waals surface area contributed by atoms with Crippen molar-refractivity contribution < 1.29 is 13.9 Å². The van der Waals surface area contributed by atoms with E-state index in [1.165, 1.54) is 18.4 Å². The summed E-state index contributed by atoms with van der Waals surface area (Å²) in [7, 11) is 0. The average molecular weight is 399 g/mol. The van der Waals surface area contributed by atoms with Gasteiger partial charge in [0.25, 0.3) is 0 Å². The first kappa shape index (κ1) is 20.8. The van der Waals surface area contributed by atoms with Crippen molar-refractivity contribution in [1.82, 2.24) is 16.0 Å². The van der Waals surface area contributed by atoms with E-state index in [0.717, 1.165) is 23.7 Å². The smallest absolute Gasteiger partial charge is 0.239 e. The average Bonchev–Trinajstić information content (AvgIpc) is 3.40. The van der Waals surface area contributed by atoms with Gasteiger partial charge in [-0.25, -0.2) is 4.99 Å². The Morgan fingerprint density at radius 2 is 2.10 bits per heavy atom. The Hall–Kier alpha value is -2.96. The molecule has 29 heavy (non-hydrogen) atoms. The van der Waals surface area contributed by atoms with Gasteiger partial charge in [-0.05, 0) is 56.4 Å². The maximum absolute atomic E-state index is 12.0. The molecule has 1 aromatic heterocycles. The molecule has 1 aliphatic carbocycles. The van der Waals surface area contributed by atoms with E-state index in [4.69, 9.17) is 9.15 Å². The van der Waals surface area contributed by atoms with E-state index in [2.05, 4.69) is 46.1 Å². The highest BCUT2D eigenvalue weighted by Crippen LogP contribution is 2.30. The number of nitrogens with zero attached hydrogens (tertiary/aromatic N) is 1. The Kier molecular flexibility index (Phi) is 7.55. The summed E-state index contributed by atoms with van der Waals surface area (Å²) in [6, 6.07) is 9.81. The van der Waals surface area contributed by atoms with Gasteiger partial charge in [0.05, 0.1) is 32.5 Å². The SMILES string of the molecule is CCNC(=NCc1ccc(C)cc1OCC1CC1)NCC(=O)NCc1ccco1. The number of furan rings is 1. The van der Waals surface area contributed by atoms with Crippen LogP contribution in [0.2, 0.25) is 0 Å². The predicted octanol–water partition coefficient (Wildman–Crippen LogP) is 2.75. The second-order valence-electron chi connectivity index (χ2n) is 7.27. The molecule has 156 valence electrons. The number of aliphatic imine (C=N–C) groups is 1. The van der Waals surface area contributed by atoms with Crippen LogP contribution in [0.5, 0.6) is 5.75 Å². The van der Waals surface area contributed by atoms with Crippen molar-refractivity contribution in [2.75, 3.05) is 19.7 Å². The van der Waals surface area contributed by atoms with E-state index in [1.54, 1.807) is 12.3 Å². The van der Waals surface area contributed by atoms with Crippen molar-refractivity contribution in [2.24, 2.45) is 10.9 Å². The first-order valence-corrected chi connectivity index (χ1v) is 10.2. The lowest BCUT2D eigenvalue weighted by atomic mass is 10.1. The summed E-state index contributed by atoms with van der Waals surface area (Å²) >= 11 is 0. The van der Waals surface area contributed by atoms with Crippen LogP contribution in [0.1, 0.15) is 36.7 Å². The van der Waals surface area contributed by atoms with E-state index in [-0.39, 0.29) is 12.5 Å². The zero-order valence-electron chi connectivity index (χ0n) is 17.2. The zero-order valence-corrected chi connectivity index (χ0v) is 17.2. The van der Waals surface area contributed by atoms with Crippen molar-refractivity contribution in [1.29, 1.82) is 0 Å².